The van der Waals surface area contributed by atoms with E-state index in [-0.39, 0.29) is 11.7 Å². The summed E-state index contributed by atoms with van der Waals surface area (Å²) in [6.45, 7) is 0. The lowest BCUT2D eigenvalue weighted by Crippen LogP contribution is -2.43. The van der Waals surface area contributed by atoms with Crippen molar-refractivity contribution in [3.8, 4) is 22.8 Å². The van der Waals surface area contributed by atoms with Crippen LogP contribution in [0.5, 0.6) is 11.5 Å². The van der Waals surface area contributed by atoms with E-state index >= 15 is 0 Å². The molecule has 1 amide bonds. The summed E-state index contributed by atoms with van der Waals surface area (Å²) >= 11 is 0. The van der Waals surface area contributed by atoms with Crippen molar-refractivity contribution < 1.29 is 24.2 Å². The van der Waals surface area contributed by atoms with Crippen molar-refractivity contribution in [2.24, 2.45) is 5.92 Å². The molecule has 1 aromatic heterocycles. The first kappa shape index (κ1) is 22.2. The monoisotopic (exact) mass is 441 g/mol. The highest BCUT2D eigenvalue weighted by Gasteiger charge is 2.31. The standard InChI is InChI=1S/C24H31N3O5/c1-31-20-11-6-12-21(32-2)22(20)19-14-17(26-27(19)16-9-3-4-10-16)23(28)25-18(24(29)30)13-15-7-5-8-15/h6,11-12,14-16,18H,3-5,7-10,13H2,1-2H3,(H,25,28)(H,29,30). The zero-order valence-electron chi connectivity index (χ0n) is 18.7. The zero-order chi connectivity index (χ0) is 22.7. The SMILES string of the molecule is COc1cccc(OC)c1-c1cc(C(=O)NC(CC2CCC2)C(=O)O)nn1C1CCCC1. The number of methoxy groups -OCH3 is 2. The van der Waals surface area contributed by atoms with Crippen LogP contribution in [0.25, 0.3) is 11.3 Å². The van der Waals surface area contributed by atoms with Gasteiger partial charge in [-0.1, -0.05) is 38.2 Å². The van der Waals surface area contributed by atoms with E-state index in [0.717, 1.165) is 56.2 Å². The quantitative estimate of drug-likeness (QED) is 0.608. The molecule has 2 fully saturated rings. The van der Waals surface area contributed by atoms with Crippen LogP contribution in [0.1, 0.15) is 67.9 Å². The van der Waals surface area contributed by atoms with Gasteiger partial charge in [-0.2, -0.15) is 5.10 Å². The smallest absolute Gasteiger partial charge is 0.326 e. The number of nitrogens with zero attached hydrogens (tertiary/aromatic N) is 2. The summed E-state index contributed by atoms with van der Waals surface area (Å²) in [7, 11) is 3.19. The van der Waals surface area contributed by atoms with Crippen LogP contribution in [-0.4, -0.2) is 47.0 Å². The van der Waals surface area contributed by atoms with Crippen molar-refractivity contribution in [2.45, 2.75) is 63.5 Å². The lowest BCUT2D eigenvalue weighted by atomic mass is 9.81. The van der Waals surface area contributed by atoms with Crippen LogP contribution in [0, 0.1) is 5.92 Å². The predicted octanol–water partition coefficient (Wildman–Crippen LogP) is 4.06. The maximum absolute atomic E-state index is 13.1. The molecule has 0 saturated heterocycles. The molecule has 1 aromatic carbocycles. The van der Waals surface area contributed by atoms with Gasteiger partial charge in [0.05, 0.1) is 31.5 Å². The van der Waals surface area contributed by atoms with E-state index in [1.807, 2.05) is 22.9 Å². The minimum atomic E-state index is -1.01. The molecule has 1 heterocycles. The fourth-order valence-electron chi connectivity index (χ4n) is 4.74. The zero-order valence-corrected chi connectivity index (χ0v) is 18.7. The molecule has 2 aliphatic rings. The minimum Gasteiger partial charge on any atom is -0.496 e. The van der Waals surface area contributed by atoms with E-state index in [0.29, 0.717) is 23.8 Å². The lowest BCUT2D eigenvalue weighted by molar-refractivity contribution is -0.139. The Balaban J connectivity index is 1.69. The van der Waals surface area contributed by atoms with Gasteiger partial charge in [-0.15, -0.1) is 0 Å². The fourth-order valence-corrected chi connectivity index (χ4v) is 4.74. The predicted molar refractivity (Wildman–Crippen MR) is 119 cm³/mol. The largest absolute Gasteiger partial charge is 0.496 e. The lowest BCUT2D eigenvalue weighted by Gasteiger charge is -2.28. The van der Waals surface area contributed by atoms with Gasteiger partial charge in [-0.05, 0) is 43.4 Å². The number of amides is 1. The first-order valence-electron chi connectivity index (χ1n) is 11.4. The first-order valence-corrected chi connectivity index (χ1v) is 11.4. The van der Waals surface area contributed by atoms with Crippen molar-refractivity contribution >= 4 is 11.9 Å². The van der Waals surface area contributed by atoms with Crippen LogP contribution in [0.3, 0.4) is 0 Å². The van der Waals surface area contributed by atoms with E-state index in [2.05, 4.69) is 10.4 Å². The van der Waals surface area contributed by atoms with Crippen molar-refractivity contribution in [1.82, 2.24) is 15.1 Å². The fraction of sp³-hybridized carbons (Fsp3) is 0.542. The summed E-state index contributed by atoms with van der Waals surface area (Å²) in [6, 6.07) is 6.53. The van der Waals surface area contributed by atoms with Crippen LogP contribution in [0.2, 0.25) is 0 Å². The molecule has 2 saturated carbocycles. The van der Waals surface area contributed by atoms with Crippen molar-refractivity contribution in [3.05, 3.63) is 30.0 Å². The normalized spacial score (nSPS) is 17.6. The highest BCUT2D eigenvalue weighted by atomic mass is 16.5. The number of carbonyl (C=O) groups is 2. The molecular formula is C24H31N3O5. The highest BCUT2D eigenvalue weighted by molar-refractivity contribution is 5.96. The molecule has 1 unspecified atom stereocenters. The van der Waals surface area contributed by atoms with Crippen molar-refractivity contribution in [3.63, 3.8) is 0 Å². The van der Waals surface area contributed by atoms with Crippen LogP contribution in [0.15, 0.2) is 24.3 Å². The first-order chi connectivity index (χ1) is 15.5. The molecule has 32 heavy (non-hydrogen) atoms. The Morgan fingerprint density at radius 1 is 1.12 bits per heavy atom. The van der Waals surface area contributed by atoms with E-state index in [9.17, 15) is 14.7 Å². The summed E-state index contributed by atoms with van der Waals surface area (Å²) < 4.78 is 13.1. The maximum Gasteiger partial charge on any atom is 0.326 e. The third kappa shape index (κ3) is 4.45. The molecule has 0 spiro atoms. The Kier molecular flexibility index (Phi) is 6.67. The Morgan fingerprint density at radius 3 is 2.31 bits per heavy atom. The molecular weight excluding hydrogens is 410 g/mol. The molecule has 2 aromatic rings. The molecule has 0 bridgehead atoms. The van der Waals surface area contributed by atoms with Crippen molar-refractivity contribution in [2.75, 3.05) is 14.2 Å². The van der Waals surface area contributed by atoms with Crippen LogP contribution in [0.4, 0.5) is 0 Å². The second kappa shape index (κ2) is 9.63. The summed E-state index contributed by atoms with van der Waals surface area (Å²) in [5.74, 6) is 0.143. The van der Waals surface area contributed by atoms with E-state index < -0.39 is 17.9 Å². The number of nitrogens with one attached hydrogen (secondary N) is 1. The van der Waals surface area contributed by atoms with Gasteiger partial charge in [0.1, 0.15) is 17.5 Å². The second-order valence-corrected chi connectivity index (χ2v) is 8.73. The minimum absolute atomic E-state index is 0.173. The molecule has 8 nitrogen and oxygen atoms in total. The third-order valence-corrected chi connectivity index (χ3v) is 6.72. The second-order valence-electron chi connectivity index (χ2n) is 8.73. The average molecular weight is 442 g/mol. The molecule has 1 atom stereocenters. The van der Waals surface area contributed by atoms with E-state index in [4.69, 9.17) is 9.47 Å². The molecule has 4 rings (SSSR count). The number of carboxylic acid groups (broad SMARTS) is 1. The summed E-state index contributed by atoms with van der Waals surface area (Å²) in [4.78, 5) is 24.8. The maximum atomic E-state index is 13.1. The van der Waals surface area contributed by atoms with E-state index in [1.54, 1.807) is 20.3 Å². The molecule has 172 valence electrons. The Labute approximate surface area is 187 Å². The number of ether oxygens (including phenoxy) is 2. The number of aromatic nitrogens is 2. The third-order valence-electron chi connectivity index (χ3n) is 6.72. The number of hydrogen-bond donors (Lipinski definition) is 2. The van der Waals surface area contributed by atoms with Gasteiger partial charge in [-0.25, -0.2) is 4.79 Å². The molecule has 0 radical (unpaired) electrons. The summed E-state index contributed by atoms with van der Waals surface area (Å²) in [5.41, 5.74) is 1.68. The number of hydrogen-bond acceptors (Lipinski definition) is 5. The number of carboxylic acids is 1. The van der Waals surface area contributed by atoms with Gasteiger partial charge < -0.3 is 19.9 Å². The average Bonchev–Trinajstić information content (AvgIpc) is 3.44. The highest BCUT2D eigenvalue weighted by Crippen LogP contribution is 2.41. The molecule has 0 aliphatic heterocycles. The molecule has 2 N–H and O–H groups in total. The van der Waals surface area contributed by atoms with Gasteiger partial charge in [0, 0.05) is 0 Å². The number of rotatable bonds is 9. The van der Waals surface area contributed by atoms with Gasteiger partial charge >= 0.3 is 5.97 Å². The topological polar surface area (TPSA) is 103 Å². The summed E-state index contributed by atoms with van der Waals surface area (Å²) in [6.07, 6.45) is 7.80. The Morgan fingerprint density at radius 2 is 1.78 bits per heavy atom. The van der Waals surface area contributed by atoms with E-state index in [1.165, 1.54) is 0 Å². The Bertz CT molecular complexity index is 954. The summed E-state index contributed by atoms with van der Waals surface area (Å²) in [5, 5.41) is 17.0. The van der Waals surface area contributed by atoms with Gasteiger partial charge in [0.2, 0.25) is 0 Å². The van der Waals surface area contributed by atoms with Crippen LogP contribution < -0.4 is 14.8 Å². The van der Waals surface area contributed by atoms with Crippen LogP contribution in [-0.2, 0) is 4.79 Å². The molecule has 2 aliphatic carbocycles. The Hall–Kier alpha value is -3.03. The van der Waals surface area contributed by atoms with Crippen molar-refractivity contribution in [1.29, 1.82) is 0 Å². The van der Waals surface area contributed by atoms with Crippen LogP contribution >= 0.6 is 0 Å². The molecule has 8 heteroatoms. The van der Waals surface area contributed by atoms with Gasteiger partial charge in [0.25, 0.3) is 5.91 Å². The number of benzene rings is 1. The number of aliphatic carboxylic acids is 1. The number of carbonyl (C=O) groups excluding carboxylic acids is 1. The van der Waals surface area contributed by atoms with Gasteiger partial charge in [0.15, 0.2) is 5.69 Å². The van der Waals surface area contributed by atoms with Gasteiger partial charge in [-0.3, -0.25) is 9.48 Å².